The van der Waals surface area contributed by atoms with E-state index < -0.39 is 15.8 Å². The first-order valence-corrected chi connectivity index (χ1v) is 9.01. The number of nitrogens with zero attached hydrogens (tertiary/aromatic N) is 5. The van der Waals surface area contributed by atoms with Crippen LogP contribution < -0.4 is 9.62 Å². The summed E-state index contributed by atoms with van der Waals surface area (Å²) in [6.07, 6.45) is 5.69. The second-order valence-corrected chi connectivity index (χ2v) is 7.29. The van der Waals surface area contributed by atoms with Crippen molar-refractivity contribution in [3.63, 3.8) is 0 Å². The Balaban J connectivity index is 1.75. The summed E-state index contributed by atoms with van der Waals surface area (Å²) >= 11 is 0. The van der Waals surface area contributed by atoms with Gasteiger partial charge >= 0.3 is 0 Å². The molecule has 0 radical (unpaired) electrons. The third kappa shape index (κ3) is 3.82. The van der Waals surface area contributed by atoms with Gasteiger partial charge in [0.25, 0.3) is 0 Å². The number of hydrogen-bond donors (Lipinski definition) is 1. The van der Waals surface area contributed by atoms with E-state index in [0.29, 0.717) is 32.0 Å². The smallest absolute Gasteiger partial charge is 0.225 e. The normalized spacial score (nSPS) is 18.0. The van der Waals surface area contributed by atoms with Gasteiger partial charge in [0.05, 0.1) is 36.9 Å². The van der Waals surface area contributed by atoms with Crippen molar-refractivity contribution in [3.8, 4) is 0 Å². The van der Waals surface area contributed by atoms with E-state index in [9.17, 15) is 12.8 Å². The topological polar surface area (TPSA) is 93.0 Å². The quantitative estimate of drug-likeness (QED) is 0.842. The molecule has 2 aromatic heterocycles. The maximum absolute atomic E-state index is 13.0. The van der Waals surface area contributed by atoms with Crippen LogP contribution in [0.1, 0.15) is 18.2 Å². The van der Waals surface area contributed by atoms with E-state index >= 15 is 0 Å². The van der Waals surface area contributed by atoms with Gasteiger partial charge in [0.2, 0.25) is 16.0 Å². The average Bonchev–Trinajstić information content (AvgIpc) is 2.95. The minimum Gasteiger partial charge on any atom is -0.333 e. The first-order chi connectivity index (χ1) is 10.9. The molecular weight excluding hydrogens is 323 g/mol. The molecule has 0 spiro atoms. The van der Waals surface area contributed by atoms with Crippen LogP contribution in [0.5, 0.6) is 0 Å². The maximum atomic E-state index is 13.0. The van der Waals surface area contributed by atoms with Gasteiger partial charge in [-0.25, -0.2) is 27.5 Å². The summed E-state index contributed by atoms with van der Waals surface area (Å²) in [5, 5.41) is 4.31. The maximum Gasteiger partial charge on any atom is 0.225 e. The van der Waals surface area contributed by atoms with Crippen molar-refractivity contribution in [3.05, 3.63) is 36.2 Å². The highest BCUT2D eigenvalue weighted by Gasteiger charge is 2.27. The summed E-state index contributed by atoms with van der Waals surface area (Å²) in [7, 11) is -3.22. The minimum absolute atomic E-state index is 0.0170. The van der Waals surface area contributed by atoms with Crippen LogP contribution in [0.15, 0.2) is 24.7 Å². The highest BCUT2D eigenvalue weighted by Crippen LogP contribution is 2.25. The number of halogens is 1. The zero-order valence-electron chi connectivity index (χ0n) is 12.6. The molecule has 3 rings (SSSR count). The Hall–Kier alpha value is -2.07. The molecule has 10 heteroatoms. The molecule has 0 saturated carbocycles. The number of hydrogen-bond acceptors (Lipinski definition) is 6. The monoisotopic (exact) mass is 340 g/mol. The number of sulfonamides is 1. The number of aromatic nitrogens is 4. The molecule has 8 nitrogen and oxygen atoms in total. The number of rotatable bonds is 5. The Morgan fingerprint density at radius 1 is 1.39 bits per heavy atom. The predicted molar refractivity (Wildman–Crippen MR) is 81.8 cm³/mol. The Kier molecular flexibility index (Phi) is 4.26. The summed E-state index contributed by atoms with van der Waals surface area (Å²) in [6.45, 7) is 1.47. The van der Waals surface area contributed by atoms with Crippen molar-refractivity contribution in [2.45, 2.75) is 19.0 Å². The SMILES string of the molecule is CS(=O)(=O)NCC[C@@H]1CN(c2ncc(F)cn2)Cc2ccnn21. The van der Waals surface area contributed by atoms with Crippen LogP contribution in [0.25, 0.3) is 0 Å². The van der Waals surface area contributed by atoms with E-state index in [4.69, 9.17) is 0 Å². The standard InChI is InChI=1S/C13H17FN6O2S/c1-23(21,22)18-5-3-12-9-19(8-11-2-4-17-20(11)12)13-15-6-10(14)7-16-13/h2,4,6-7,12,18H,3,5,8-9H2,1H3/t12-/m1/s1. The first kappa shape index (κ1) is 15.8. The second kappa shape index (κ2) is 6.20. The molecule has 0 aliphatic carbocycles. The summed E-state index contributed by atoms with van der Waals surface area (Å²) in [4.78, 5) is 9.96. The minimum atomic E-state index is -3.22. The lowest BCUT2D eigenvalue weighted by atomic mass is 10.1. The highest BCUT2D eigenvalue weighted by atomic mass is 32.2. The van der Waals surface area contributed by atoms with E-state index in [2.05, 4.69) is 19.8 Å². The molecule has 1 aliphatic heterocycles. The van der Waals surface area contributed by atoms with Crippen LogP contribution in [0.3, 0.4) is 0 Å². The molecular formula is C13H17FN6O2S. The molecule has 1 atom stereocenters. The van der Waals surface area contributed by atoms with Gasteiger partial charge in [-0.1, -0.05) is 0 Å². The molecule has 0 saturated heterocycles. The van der Waals surface area contributed by atoms with Crippen LogP contribution in [0.4, 0.5) is 10.3 Å². The van der Waals surface area contributed by atoms with Crippen LogP contribution in [-0.2, 0) is 16.6 Å². The van der Waals surface area contributed by atoms with E-state index in [1.165, 1.54) is 0 Å². The fraction of sp³-hybridized carbons (Fsp3) is 0.462. The van der Waals surface area contributed by atoms with Gasteiger partial charge in [0.1, 0.15) is 0 Å². The molecule has 0 unspecified atom stereocenters. The van der Waals surface area contributed by atoms with Crippen LogP contribution in [-0.4, -0.2) is 47.5 Å². The Morgan fingerprint density at radius 3 is 2.83 bits per heavy atom. The van der Waals surface area contributed by atoms with Crippen molar-refractivity contribution < 1.29 is 12.8 Å². The number of fused-ring (bicyclic) bond motifs is 1. The lowest BCUT2D eigenvalue weighted by Gasteiger charge is -2.33. The average molecular weight is 340 g/mol. The first-order valence-electron chi connectivity index (χ1n) is 7.12. The van der Waals surface area contributed by atoms with Crippen LogP contribution in [0, 0.1) is 5.82 Å². The summed E-state index contributed by atoms with van der Waals surface area (Å²) in [6, 6.07) is 1.88. The molecule has 124 valence electrons. The van der Waals surface area contributed by atoms with Gasteiger partial charge in [-0.2, -0.15) is 5.10 Å². The molecule has 0 amide bonds. The fourth-order valence-corrected chi connectivity index (χ4v) is 3.12. The van der Waals surface area contributed by atoms with Crippen molar-refractivity contribution >= 4 is 16.0 Å². The van der Waals surface area contributed by atoms with Crippen molar-refractivity contribution in [1.29, 1.82) is 0 Å². The zero-order chi connectivity index (χ0) is 16.4. The Morgan fingerprint density at radius 2 is 2.13 bits per heavy atom. The van der Waals surface area contributed by atoms with Crippen molar-refractivity contribution in [2.24, 2.45) is 0 Å². The number of anilines is 1. The molecule has 0 fully saturated rings. The molecule has 1 N–H and O–H groups in total. The van der Waals surface area contributed by atoms with Gasteiger partial charge in [-0.05, 0) is 12.5 Å². The van der Waals surface area contributed by atoms with E-state index in [1.807, 2.05) is 15.6 Å². The molecule has 1 aliphatic rings. The van der Waals surface area contributed by atoms with Gasteiger partial charge in [-0.3, -0.25) is 4.68 Å². The second-order valence-electron chi connectivity index (χ2n) is 5.46. The van der Waals surface area contributed by atoms with Gasteiger partial charge in [0.15, 0.2) is 5.82 Å². The van der Waals surface area contributed by atoms with Gasteiger partial charge < -0.3 is 4.90 Å². The van der Waals surface area contributed by atoms with E-state index in [1.54, 1.807) is 6.20 Å². The summed E-state index contributed by atoms with van der Waals surface area (Å²) in [5.74, 6) is -0.0374. The van der Waals surface area contributed by atoms with Crippen molar-refractivity contribution in [1.82, 2.24) is 24.5 Å². The third-order valence-corrected chi connectivity index (χ3v) is 4.34. The zero-order valence-corrected chi connectivity index (χ0v) is 13.4. The summed E-state index contributed by atoms with van der Waals surface area (Å²) < 4.78 is 39.7. The Bertz CT molecular complexity index is 776. The van der Waals surface area contributed by atoms with E-state index in [0.717, 1.165) is 24.3 Å². The third-order valence-electron chi connectivity index (χ3n) is 3.61. The molecule has 23 heavy (non-hydrogen) atoms. The molecule has 3 heterocycles. The molecule has 0 aromatic carbocycles. The van der Waals surface area contributed by atoms with E-state index in [-0.39, 0.29) is 6.04 Å². The lowest BCUT2D eigenvalue weighted by Crippen LogP contribution is -2.40. The Labute approximate surface area is 133 Å². The highest BCUT2D eigenvalue weighted by molar-refractivity contribution is 7.88. The largest absolute Gasteiger partial charge is 0.333 e. The van der Waals surface area contributed by atoms with Crippen LogP contribution >= 0.6 is 0 Å². The van der Waals surface area contributed by atoms with Gasteiger partial charge in [0, 0.05) is 19.3 Å². The molecule has 2 aromatic rings. The predicted octanol–water partition coefficient (Wildman–Crippen LogP) is 0.313. The fourth-order valence-electron chi connectivity index (χ4n) is 2.63. The van der Waals surface area contributed by atoms with Crippen molar-refractivity contribution in [2.75, 3.05) is 24.2 Å². The lowest BCUT2D eigenvalue weighted by molar-refractivity contribution is 0.374. The number of nitrogens with one attached hydrogen (secondary N) is 1. The molecule has 0 bridgehead atoms. The summed E-state index contributed by atoms with van der Waals surface area (Å²) in [5.41, 5.74) is 0.980. The van der Waals surface area contributed by atoms with Gasteiger partial charge in [-0.15, -0.1) is 0 Å². The van der Waals surface area contributed by atoms with Crippen LogP contribution in [0.2, 0.25) is 0 Å².